The number of ether oxygens (including phenoxy) is 2. The summed E-state index contributed by atoms with van der Waals surface area (Å²) < 4.78 is 11.2. The molecule has 0 aliphatic rings. The molecule has 1 aromatic carbocycles. The second-order valence-corrected chi connectivity index (χ2v) is 4.54. The molecule has 0 saturated carbocycles. The SMILES string of the molecule is CCCOc1ccc(Oc2cc(CO)cc(C)n2)cc1. The Morgan fingerprint density at radius 1 is 1.10 bits per heavy atom. The zero-order chi connectivity index (χ0) is 14.4. The molecule has 1 aromatic heterocycles. The van der Waals surface area contributed by atoms with Gasteiger partial charge in [0.25, 0.3) is 0 Å². The van der Waals surface area contributed by atoms with Crippen molar-refractivity contribution in [2.45, 2.75) is 26.9 Å². The highest BCUT2D eigenvalue weighted by Gasteiger charge is 2.03. The van der Waals surface area contributed by atoms with E-state index in [4.69, 9.17) is 9.47 Å². The standard InChI is InChI=1S/C16H19NO3/c1-3-8-19-14-4-6-15(7-5-14)20-16-10-13(11-18)9-12(2)17-16/h4-7,9-10,18H,3,8,11H2,1-2H3. The zero-order valence-electron chi connectivity index (χ0n) is 11.8. The highest BCUT2D eigenvalue weighted by atomic mass is 16.5. The van der Waals surface area contributed by atoms with Crippen LogP contribution in [0.3, 0.4) is 0 Å². The molecule has 0 spiro atoms. The molecule has 1 heterocycles. The number of rotatable bonds is 6. The van der Waals surface area contributed by atoms with E-state index in [9.17, 15) is 5.11 Å². The third-order valence-corrected chi connectivity index (χ3v) is 2.69. The third kappa shape index (κ3) is 3.96. The second kappa shape index (κ2) is 6.91. The van der Waals surface area contributed by atoms with E-state index in [0.29, 0.717) is 18.2 Å². The van der Waals surface area contributed by atoms with Crippen molar-refractivity contribution >= 4 is 0 Å². The summed E-state index contributed by atoms with van der Waals surface area (Å²) in [5.74, 6) is 2.00. The molecule has 1 N–H and O–H groups in total. The van der Waals surface area contributed by atoms with Gasteiger partial charge in [-0.2, -0.15) is 0 Å². The molecule has 0 aliphatic carbocycles. The Hall–Kier alpha value is -2.07. The molecule has 0 unspecified atom stereocenters. The predicted octanol–water partition coefficient (Wildman–Crippen LogP) is 3.46. The lowest BCUT2D eigenvalue weighted by atomic mass is 10.2. The molecule has 0 aliphatic heterocycles. The fraction of sp³-hybridized carbons (Fsp3) is 0.312. The van der Waals surface area contributed by atoms with E-state index < -0.39 is 0 Å². The van der Waals surface area contributed by atoms with Crippen LogP contribution in [0.4, 0.5) is 0 Å². The Morgan fingerprint density at radius 2 is 1.80 bits per heavy atom. The number of aromatic nitrogens is 1. The molecule has 0 atom stereocenters. The van der Waals surface area contributed by atoms with Gasteiger partial charge in [0.05, 0.1) is 13.2 Å². The molecule has 2 rings (SSSR count). The van der Waals surface area contributed by atoms with Gasteiger partial charge in [0.2, 0.25) is 5.88 Å². The first-order chi connectivity index (χ1) is 9.71. The normalized spacial score (nSPS) is 10.3. The largest absolute Gasteiger partial charge is 0.494 e. The topological polar surface area (TPSA) is 51.6 Å². The van der Waals surface area contributed by atoms with Crippen molar-refractivity contribution in [3.8, 4) is 17.4 Å². The van der Waals surface area contributed by atoms with E-state index in [1.54, 1.807) is 6.07 Å². The van der Waals surface area contributed by atoms with Gasteiger partial charge in [0.15, 0.2) is 0 Å². The van der Waals surface area contributed by atoms with Crippen LogP contribution in [-0.4, -0.2) is 16.7 Å². The van der Waals surface area contributed by atoms with E-state index in [1.165, 1.54) is 0 Å². The van der Waals surface area contributed by atoms with E-state index in [-0.39, 0.29) is 6.61 Å². The van der Waals surface area contributed by atoms with Crippen LogP contribution in [0.15, 0.2) is 36.4 Å². The van der Waals surface area contributed by atoms with Crippen LogP contribution in [0.25, 0.3) is 0 Å². The monoisotopic (exact) mass is 273 g/mol. The Morgan fingerprint density at radius 3 is 2.45 bits per heavy atom. The molecule has 106 valence electrons. The minimum atomic E-state index is -0.0243. The highest BCUT2D eigenvalue weighted by molar-refractivity contribution is 5.34. The van der Waals surface area contributed by atoms with Crippen molar-refractivity contribution in [2.75, 3.05) is 6.61 Å². The number of hydrogen-bond donors (Lipinski definition) is 1. The van der Waals surface area contributed by atoms with Crippen LogP contribution < -0.4 is 9.47 Å². The first kappa shape index (κ1) is 14.3. The molecule has 2 aromatic rings. The quantitative estimate of drug-likeness (QED) is 0.875. The minimum Gasteiger partial charge on any atom is -0.494 e. The molecule has 0 radical (unpaired) electrons. The smallest absolute Gasteiger partial charge is 0.219 e. The van der Waals surface area contributed by atoms with Crippen molar-refractivity contribution in [2.24, 2.45) is 0 Å². The number of aliphatic hydroxyl groups is 1. The number of pyridine rings is 1. The summed E-state index contributed by atoms with van der Waals surface area (Å²) in [4.78, 5) is 4.28. The Labute approximate surface area is 119 Å². The van der Waals surface area contributed by atoms with Gasteiger partial charge in [-0.25, -0.2) is 4.98 Å². The van der Waals surface area contributed by atoms with Crippen LogP contribution >= 0.6 is 0 Å². The predicted molar refractivity (Wildman–Crippen MR) is 77.2 cm³/mol. The van der Waals surface area contributed by atoms with Gasteiger partial charge < -0.3 is 14.6 Å². The Bertz CT molecular complexity index is 552. The molecule has 0 amide bonds. The maximum Gasteiger partial charge on any atom is 0.219 e. The van der Waals surface area contributed by atoms with Crippen molar-refractivity contribution in [3.05, 3.63) is 47.7 Å². The fourth-order valence-electron chi connectivity index (χ4n) is 1.80. The number of aliphatic hydroxyl groups excluding tert-OH is 1. The van der Waals surface area contributed by atoms with E-state index in [2.05, 4.69) is 11.9 Å². The van der Waals surface area contributed by atoms with Crippen LogP contribution in [0.2, 0.25) is 0 Å². The van der Waals surface area contributed by atoms with E-state index in [0.717, 1.165) is 23.4 Å². The maximum atomic E-state index is 9.17. The van der Waals surface area contributed by atoms with Crippen LogP contribution in [0, 0.1) is 6.92 Å². The van der Waals surface area contributed by atoms with Gasteiger partial charge in [-0.3, -0.25) is 0 Å². The number of benzene rings is 1. The first-order valence-corrected chi connectivity index (χ1v) is 6.70. The second-order valence-electron chi connectivity index (χ2n) is 4.54. The van der Waals surface area contributed by atoms with Gasteiger partial charge in [-0.1, -0.05) is 6.92 Å². The van der Waals surface area contributed by atoms with Gasteiger partial charge in [0, 0.05) is 11.8 Å². The summed E-state index contributed by atoms with van der Waals surface area (Å²) in [6, 6.07) is 11.0. The summed E-state index contributed by atoms with van der Waals surface area (Å²) in [5.41, 5.74) is 1.60. The van der Waals surface area contributed by atoms with Crippen molar-refractivity contribution in [3.63, 3.8) is 0 Å². The summed E-state index contributed by atoms with van der Waals surface area (Å²) in [5, 5.41) is 9.17. The van der Waals surface area contributed by atoms with Crippen LogP contribution in [0.5, 0.6) is 17.4 Å². The van der Waals surface area contributed by atoms with Gasteiger partial charge in [-0.15, -0.1) is 0 Å². The summed E-state index contributed by atoms with van der Waals surface area (Å²) in [7, 11) is 0. The van der Waals surface area contributed by atoms with E-state index in [1.807, 2.05) is 37.3 Å². The summed E-state index contributed by atoms with van der Waals surface area (Å²) in [6.45, 7) is 4.62. The highest BCUT2D eigenvalue weighted by Crippen LogP contribution is 2.23. The minimum absolute atomic E-state index is 0.0243. The molecule has 4 heteroatoms. The lowest BCUT2D eigenvalue weighted by Gasteiger charge is -2.08. The molecule has 4 nitrogen and oxygen atoms in total. The molecular formula is C16H19NO3. The van der Waals surface area contributed by atoms with Crippen molar-refractivity contribution in [1.29, 1.82) is 0 Å². The summed E-state index contributed by atoms with van der Waals surface area (Å²) >= 11 is 0. The third-order valence-electron chi connectivity index (χ3n) is 2.69. The lowest BCUT2D eigenvalue weighted by molar-refractivity contribution is 0.281. The molecular weight excluding hydrogens is 254 g/mol. The average molecular weight is 273 g/mol. The van der Waals surface area contributed by atoms with Gasteiger partial charge in [-0.05, 0) is 49.2 Å². The number of aryl methyl sites for hydroxylation is 1. The fourth-order valence-corrected chi connectivity index (χ4v) is 1.80. The van der Waals surface area contributed by atoms with Gasteiger partial charge in [0.1, 0.15) is 11.5 Å². The molecule has 20 heavy (non-hydrogen) atoms. The Balaban J connectivity index is 2.07. The maximum absolute atomic E-state index is 9.17. The molecule has 0 saturated heterocycles. The van der Waals surface area contributed by atoms with Crippen LogP contribution in [-0.2, 0) is 6.61 Å². The Kier molecular flexibility index (Phi) is 4.96. The zero-order valence-corrected chi connectivity index (χ0v) is 11.8. The number of nitrogens with zero attached hydrogens (tertiary/aromatic N) is 1. The van der Waals surface area contributed by atoms with E-state index >= 15 is 0 Å². The van der Waals surface area contributed by atoms with Crippen molar-refractivity contribution in [1.82, 2.24) is 4.98 Å². The van der Waals surface area contributed by atoms with Gasteiger partial charge >= 0.3 is 0 Å². The average Bonchev–Trinajstić information content (AvgIpc) is 2.46. The molecule has 0 bridgehead atoms. The van der Waals surface area contributed by atoms with Crippen LogP contribution in [0.1, 0.15) is 24.6 Å². The lowest BCUT2D eigenvalue weighted by Crippen LogP contribution is -1.95. The van der Waals surface area contributed by atoms with Crippen molar-refractivity contribution < 1.29 is 14.6 Å². The summed E-state index contributed by atoms with van der Waals surface area (Å²) in [6.07, 6.45) is 0.982. The molecule has 0 fully saturated rings. The first-order valence-electron chi connectivity index (χ1n) is 6.70. The number of hydrogen-bond acceptors (Lipinski definition) is 4.